The SMILES string of the molecule is CC1OC2(CCN(CC(Cc3cscn3)C(=O)N(C)C)CC2)c2cc(F)ccc21. The molecule has 156 valence electrons. The summed E-state index contributed by atoms with van der Waals surface area (Å²) in [7, 11) is 3.61. The van der Waals surface area contributed by atoms with E-state index in [0.29, 0.717) is 13.0 Å². The zero-order chi connectivity index (χ0) is 20.6. The van der Waals surface area contributed by atoms with Crippen LogP contribution in [-0.2, 0) is 21.6 Å². The van der Waals surface area contributed by atoms with E-state index < -0.39 is 5.60 Å². The Labute approximate surface area is 175 Å². The van der Waals surface area contributed by atoms with Gasteiger partial charge in [0.25, 0.3) is 0 Å². The maximum Gasteiger partial charge on any atom is 0.226 e. The Morgan fingerprint density at radius 2 is 2.17 bits per heavy atom. The smallest absolute Gasteiger partial charge is 0.226 e. The van der Waals surface area contributed by atoms with Gasteiger partial charge in [-0.05, 0) is 43.0 Å². The zero-order valence-electron chi connectivity index (χ0n) is 17.2. The number of ether oxygens (including phenoxy) is 1. The van der Waals surface area contributed by atoms with E-state index in [4.69, 9.17) is 4.74 Å². The van der Waals surface area contributed by atoms with Crippen LogP contribution in [0.5, 0.6) is 0 Å². The van der Waals surface area contributed by atoms with Crippen molar-refractivity contribution in [1.29, 1.82) is 0 Å². The first kappa shape index (κ1) is 20.4. The molecule has 0 aliphatic carbocycles. The van der Waals surface area contributed by atoms with Gasteiger partial charge in [0.05, 0.1) is 28.8 Å². The van der Waals surface area contributed by atoms with Gasteiger partial charge in [-0.2, -0.15) is 0 Å². The summed E-state index contributed by atoms with van der Waals surface area (Å²) in [5.74, 6) is -0.186. The second kappa shape index (κ2) is 8.13. The summed E-state index contributed by atoms with van der Waals surface area (Å²) < 4.78 is 20.3. The van der Waals surface area contributed by atoms with E-state index in [2.05, 4.69) is 9.88 Å². The van der Waals surface area contributed by atoms with Crippen molar-refractivity contribution in [3.63, 3.8) is 0 Å². The molecule has 2 unspecified atom stereocenters. The van der Waals surface area contributed by atoms with Gasteiger partial charge in [-0.1, -0.05) is 6.07 Å². The summed E-state index contributed by atoms with van der Waals surface area (Å²) in [6.45, 7) is 4.40. The lowest BCUT2D eigenvalue weighted by Gasteiger charge is -2.40. The molecule has 1 saturated heterocycles. The van der Waals surface area contributed by atoms with Gasteiger partial charge in [-0.15, -0.1) is 11.3 Å². The fraction of sp³-hybridized carbons (Fsp3) is 0.545. The molecule has 0 saturated carbocycles. The number of thiazole rings is 1. The van der Waals surface area contributed by atoms with E-state index in [-0.39, 0.29) is 23.7 Å². The van der Waals surface area contributed by atoms with Crippen LogP contribution in [0.2, 0.25) is 0 Å². The quantitative estimate of drug-likeness (QED) is 0.746. The zero-order valence-corrected chi connectivity index (χ0v) is 18.0. The Kier molecular flexibility index (Phi) is 5.73. The van der Waals surface area contributed by atoms with Crippen molar-refractivity contribution in [3.8, 4) is 0 Å². The third-order valence-electron chi connectivity index (χ3n) is 6.22. The van der Waals surface area contributed by atoms with E-state index >= 15 is 0 Å². The Hall–Kier alpha value is -1.83. The van der Waals surface area contributed by atoms with Gasteiger partial charge in [0.2, 0.25) is 5.91 Å². The third-order valence-corrected chi connectivity index (χ3v) is 6.85. The van der Waals surface area contributed by atoms with Gasteiger partial charge < -0.3 is 14.5 Å². The molecule has 2 aliphatic rings. The minimum absolute atomic E-state index is 0.00937. The van der Waals surface area contributed by atoms with E-state index in [1.54, 1.807) is 36.4 Å². The predicted molar refractivity (Wildman–Crippen MR) is 111 cm³/mol. The number of carbonyl (C=O) groups excluding carboxylic acids is 1. The first-order chi connectivity index (χ1) is 13.9. The minimum atomic E-state index is -0.399. The molecule has 3 heterocycles. The Morgan fingerprint density at radius 3 is 2.83 bits per heavy atom. The number of hydrogen-bond donors (Lipinski definition) is 0. The number of likely N-dealkylation sites (tertiary alicyclic amines) is 1. The lowest BCUT2D eigenvalue weighted by molar-refractivity contribution is -0.134. The summed E-state index contributed by atoms with van der Waals surface area (Å²) in [5.41, 5.74) is 4.49. The van der Waals surface area contributed by atoms with Crippen LogP contribution in [0, 0.1) is 11.7 Å². The summed E-state index contributed by atoms with van der Waals surface area (Å²) in [4.78, 5) is 21.1. The number of carbonyl (C=O) groups is 1. The molecule has 1 aromatic heterocycles. The van der Waals surface area contributed by atoms with E-state index in [1.807, 2.05) is 23.9 Å². The molecular formula is C22H28FN3O2S. The largest absolute Gasteiger partial charge is 0.363 e. The number of aromatic nitrogens is 1. The van der Waals surface area contributed by atoms with Crippen LogP contribution in [0.3, 0.4) is 0 Å². The number of hydrogen-bond acceptors (Lipinski definition) is 5. The highest BCUT2D eigenvalue weighted by molar-refractivity contribution is 7.07. The number of piperidine rings is 1. The highest BCUT2D eigenvalue weighted by atomic mass is 32.1. The number of halogens is 1. The average molecular weight is 418 g/mol. The summed E-state index contributed by atoms with van der Waals surface area (Å²) in [6.07, 6.45) is 2.27. The second-order valence-electron chi connectivity index (χ2n) is 8.40. The van der Waals surface area contributed by atoms with Crippen molar-refractivity contribution in [2.45, 2.75) is 37.9 Å². The van der Waals surface area contributed by atoms with E-state index in [1.165, 1.54) is 6.07 Å². The fourth-order valence-corrected chi connectivity index (χ4v) is 5.30. The molecule has 0 radical (unpaired) electrons. The summed E-state index contributed by atoms with van der Waals surface area (Å²) >= 11 is 1.56. The minimum Gasteiger partial charge on any atom is -0.363 e. The molecule has 0 bridgehead atoms. The van der Waals surface area contributed by atoms with Gasteiger partial charge in [0.1, 0.15) is 5.82 Å². The van der Waals surface area contributed by atoms with Crippen molar-refractivity contribution in [3.05, 3.63) is 51.7 Å². The predicted octanol–water partition coefficient (Wildman–Crippen LogP) is 3.61. The molecule has 1 spiro atoms. The van der Waals surface area contributed by atoms with Crippen LogP contribution < -0.4 is 0 Å². The first-order valence-electron chi connectivity index (χ1n) is 10.2. The molecule has 29 heavy (non-hydrogen) atoms. The van der Waals surface area contributed by atoms with Gasteiger partial charge in [-0.3, -0.25) is 4.79 Å². The van der Waals surface area contributed by atoms with Crippen LogP contribution in [0.15, 0.2) is 29.1 Å². The molecule has 4 rings (SSSR count). The van der Waals surface area contributed by atoms with Crippen LogP contribution in [0.1, 0.15) is 42.7 Å². The third kappa shape index (κ3) is 4.09. The van der Waals surface area contributed by atoms with Crippen molar-refractivity contribution >= 4 is 17.2 Å². The Bertz CT molecular complexity index is 863. The number of amides is 1. The van der Waals surface area contributed by atoms with Gasteiger partial charge in [-0.25, -0.2) is 9.37 Å². The molecular weight excluding hydrogens is 389 g/mol. The molecule has 1 amide bonds. The first-order valence-corrected chi connectivity index (χ1v) is 11.1. The Morgan fingerprint density at radius 1 is 1.41 bits per heavy atom. The molecule has 1 aromatic carbocycles. The summed E-state index contributed by atoms with van der Waals surface area (Å²) in [6, 6.07) is 5.02. The second-order valence-corrected chi connectivity index (χ2v) is 9.12. The van der Waals surface area contributed by atoms with Gasteiger partial charge in [0.15, 0.2) is 0 Å². The Balaban J connectivity index is 1.45. The van der Waals surface area contributed by atoms with Gasteiger partial charge in [0, 0.05) is 45.5 Å². The number of rotatable bonds is 5. The van der Waals surface area contributed by atoms with E-state index in [0.717, 1.165) is 42.8 Å². The van der Waals surface area contributed by atoms with Crippen molar-refractivity contribution < 1.29 is 13.9 Å². The maximum atomic E-state index is 13.9. The highest BCUT2D eigenvalue weighted by Crippen LogP contribution is 2.49. The van der Waals surface area contributed by atoms with Gasteiger partial charge >= 0.3 is 0 Å². The van der Waals surface area contributed by atoms with Crippen LogP contribution in [0.4, 0.5) is 4.39 Å². The molecule has 2 atom stereocenters. The fourth-order valence-electron chi connectivity index (χ4n) is 4.72. The molecule has 7 heteroatoms. The number of fused-ring (bicyclic) bond motifs is 2. The van der Waals surface area contributed by atoms with Crippen LogP contribution in [-0.4, -0.2) is 54.4 Å². The maximum absolute atomic E-state index is 13.9. The summed E-state index contributed by atoms with van der Waals surface area (Å²) in [5, 5.41) is 2.01. The molecule has 2 aliphatic heterocycles. The normalized spacial score (nSPS) is 21.9. The molecule has 2 aromatic rings. The lowest BCUT2D eigenvalue weighted by atomic mass is 9.83. The number of benzene rings is 1. The number of nitrogens with zero attached hydrogens (tertiary/aromatic N) is 3. The van der Waals surface area contributed by atoms with E-state index in [9.17, 15) is 9.18 Å². The van der Waals surface area contributed by atoms with Crippen LogP contribution >= 0.6 is 11.3 Å². The highest BCUT2D eigenvalue weighted by Gasteiger charge is 2.45. The van der Waals surface area contributed by atoms with Crippen molar-refractivity contribution in [2.24, 2.45) is 5.92 Å². The van der Waals surface area contributed by atoms with Crippen LogP contribution in [0.25, 0.3) is 0 Å². The van der Waals surface area contributed by atoms with Crippen molar-refractivity contribution in [2.75, 3.05) is 33.7 Å². The average Bonchev–Trinajstić information content (AvgIpc) is 3.29. The molecule has 5 nitrogen and oxygen atoms in total. The lowest BCUT2D eigenvalue weighted by Crippen LogP contribution is -2.46. The molecule has 1 fully saturated rings. The molecule has 0 N–H and O–H groups in total. The van der Waals surface area contributed by atoms with Crippen molar-refractivity contribution in [1.82, 2.24) is 14.8 Å². The topological polar surface area (TPSA) is 45.7 Å². The standard InChI is InChI=1S/C22H28FN3O2S/c1-15-19-5-4-17(23)11-20(19)22(28-15)6-8-26(9-7-22)12-16(21(27)25(2)3)10-18-13-29-14-24-18/h4-5,11,13-16H,6-10,12H2,1-3H3. The monoisotopic (exact) mass is 417 g/mol.